The van der Waals surface area contributed by atoms with Crippen molar-refractivity contribution in [2.24, 2.45) is 0 Å². The van der Waals surface area contributed by atoms with Crippen molar-refractivity contribution in [3.8, 4) is 22.6 Å². The van der Waals surface area contributed by atoms with E-state index in [1.807, 2.05) is 43.3 Å². The van der Waals surface area contributed by atoms with E-state index in [2.05, 4.69) is 41.3 Å². The number of aliphatic carboxylic acids is 1. The quantitative estimate of drug-likeness (QED) is 0.518. The van der Waals surface area contributed by atoms with Crippen molar-refractivity contribution >= 4 is 5.97 Å². The van der Waals surface area contributed by atoms with Gasteiger partial charge in [-0.3, -0.25) is 9.69 Å². The van der Waals surface area contributed by atoms with Crippen LogP contribution in [0.15, 0.2) is 72.8 Å². The fourth-order valence-electron chi connectivity index (χ4n) is 4.56. The van der Waals surface area contributed by atoms with Gasteiger partial charge in [0.05, 0.1) is 19.8 Å². The normalized spacial score (nSPS) is 17.1. The lowest BCUT2D eigenvalue weighted by molar-refractivity contribution is -0.142. The molecule has 0 radical (unpaired) electrons. The number of hydrogen-bond donors (Lipinski definition) is 1. The number of methoxy groups -OCH3 is 1. The van der Waals surface area contributed by atoms with Gasteiger partial charge in [0.25, 0.3) is 0 Å². The molecule has 2 atom stereocenters. The minimum Gasteiger partial charge on any atom is -0.493 e. The molecule has 0 aromatic heterocycles. The third kappa shape index (κ3) is 4.48. The van der Waals surface area contributed by atoms with Gasteiger partial charge in [-0.25, -0.2) is 0 Å². The molecule has 0 aliphatic carbocycles. The number of ether oxygens (including phenoxy) is 2. The first kappa shape index (κ1) is 21.9. The Bertz CT molecular complexity index is 1050. The molecule has 0 saturated carbocycles. The third-order valence-corrected chi connectivity index (χ3v) is 6.05. The first-order chi connectivity index (χ1) is 15.6. The molecule has 4 rings (SSSR count). The zero-order valence-electron chi connectivity index (χ0n) is 18.5. The summed E-state index contributed by atoms with van der Waals surface area (Å²) in [4.78, 5) is 14.1. The van der Waals surface area contributed by atoms with Gasteiger partial charge in [0.15, 0.2) is 11.5 Å². The van der Waals surface area contributed by atoms with E-state index in [0.717, 1.165) is 35.2 Å². The number of likely N-dealkylation sites (tertiary alicyclic amines) is 1. The summed E-state index contributed by atoms with van der Waals surface area (Å²) in [6.07, 6.45) is 1.52. The Labute approximate surface area is 189 Å². The second-order valence-corrected chi connectivity index (χ2v) is 7.97. The van der Waals surface area contributed by atoms with E-state index in [0.29, 0.717) is 24.5 Å². The largest absolute Gasteiger partial charge is 0.493 e. The van der Waals surface area contributed by atoms with Gasteiger partial charge in [-0.15, -0.1) is 0 Å². The van der Waals surface area contributed by atoms with E-state index in [-0.39, 0.29) is 6.04 Å². The molecule has 3 aromatic rings. The van der Waals surface area contributed by atoms with Crippen LogP contribution in [0, 0.1) is 0 Å². The van der Waals surface area contributed by atoms with Gasteiger partial charge in [-0.05, 0) is 54.2 Å². The van der Waals surface area contributed by atoms with Crippen molar-refractivity contribution in [3.63, 3.8) is 0 Å². The highest BCUT2D eigenvalue weighted by molar-refractivity contribution is 5.74. The molecule has 1 aliphatic heterocycles. The standard InChI is InChI=1S/C27H29NO4/c1-3-32-24-16-15-22(18-25(24)31-2)26(28-17-7-10-23(28)27(29)30)21-13-11-20(12-14-21)19-8-5-4-6-9-19/h4-6,8-9,11-16,18,23,26H,3,7,10,17H2,1-2H3,(H,29,30). The summed E-state index contributed by atoms with van der Waals surface area (Å²) in [7, 11) is 1.63. The molecule has 0 spiro atoms. The summed E-state index contributed by atoms with van der Waals surface area (Å²) < 4.78 is 11.3. The monoisotopic (exact) mass is 431 g/mol. The van der Waals surface area contributed by atoms with Crippen molar-refractivity contribution in [2.75, 3.05) is 20.3 Å². The maximum Gasteiger partial charge on any atom is 0.320 e. The maximum atomic E-state index is 12.0. The summed E-state index contributed by atoms with van der Waals surface area (Å²) in [6.45, 7) is 3.22. The lowest BCUT2D eigenvalue weighted by atomic mass is 9.94. The maximum absolute atomic E-state index is 12.0. The van der Waals surface area contributed by atoms with Crippen LogP contribution in [-0.4, -0.2) is 42.3 Å². The van der Waals surface area contributed by atoms with Gasteiger partial charge in [0, 0.05) is 6.54 Å². The van der Waals surface area contributed by atoms with Crippen LogP contribution in [0.5, 0.6) is 11.5 Å². The summed E-state index contributed by atoms with van der Waals surface area (Å²) in [5, 5.41) is 9.85. The highest BCUT2D eigenvalue weighted by Crippen LogP contribution is 2.39. The Morgan fingerprint density at radius 2 is 1.69 bits per heavy atom. The van der Waals surface area contributed by atoms with E-state index < -0.39 is 12.0 Å². The van der Waals surface area contributed by atoms with Gasteiger partial charge < -0.3 is 14.6 Å². The minimum atomic E-state index is -0.772. The smallest absolute Gasteiger partial charge is 0.320 e. The molecule has 1 saturated heterocycles. The fraction of sp³-hybridized carbons (Fsp3) is 0.296. The number of carbonyl (C=O) groups is 1. The zero-order valence-corrected chi connectivity index (χ0v) is 18.5. The molecule has 2 unspecified atom stereocenters. The Kier molecular flexibility index (Phi) is 6.76. The van der Waals surface area contributed by atoms with E-state index in [9.17, 15) is 9.90 Å². The number of hydrogen-bond acceptors (Lipinski definition) is 4. The van der Waals surface area contributed by atoms with Crippen LogP contribution in [0.2, 0.25) is 0 Å². The Morgan fingerprint density at radius 3 is 2.34 bits per heavy atom. The molecule has 1 aliphatic rings. The zero-order chi connectivity index (χ0) is 22.5. The number of carboxylic acids is 1. The lowest BCUT2D eigenvalue weighted by Crippen LogP contribution is -2.39. The average molecular weight is 432 g/mol. The lowest BCUT2D eigenvalue weighted by Gasteiger charge is -2.32. The highest BCUT2D eigenvalue weighted by Gasteiger charge is 2.37. The molecular formula is C27H29NO4. The van der Waals surface area contributed by atoms with Crippen molar-refractivity contribution in [1.82, 2.24) is 4.90 Å². The number of carboxylic acid groups (broad SMARTS) is 1. The first-order valence-electron chi connectivity index (χ1n) is 11.1. The summed E-state index contributed by atoms with van der Waals surface area (Å²) in [5.41, 5.74) is 4.34. The van der Waals surface area contributed by atoms with Crippen LogP contribution in [-0.2, 0) is 4.79 Å². The summed E-state index contributed by atoms with van der Waals surface area (Å²) >= 11 is 0. The third-order valence-electron chi connectivity index (χ3n) is 6.05. The van der Waals surface area contributed by atoms with Crippen molar-refractivity contribution in [3.05, 3.63) is 83.9 Å². The first-order valence-corrected chi connectivity index (χ1v) is 11.1. The molecule has 1 heterocycles. The SMILES string of the molecule is CCOc1ccc(C(c2ccc(-c3ccccc3)cc2)N2CCCC2C(=O)O)cc1OC. The molecular weight excluding hydrogens is 402 g/mol. The van der Waals surface area contributed by atoms with Crippen LogP contribution in [0.25, 0.3) is 11.1 Å². The van der Waals surface area contributed by atoms with Crippen LogP contribution in [0.1, 0.15) is 36.9 Å². The van der Waals surface area contributed by atoms with Crippen LogP contribution in [0.3, 0.4) is 0 Å². The minimum absolute atomic E-state index is 0.187. The van der Waals surface area contributed by atoms with Gasteiger partial charge in [-0.2, -0.15) is 0 Å². The second-order valence-electron chi connectivity index (χ2n) is 7.97. The fourth-order valence-corrected chi connectivity index (χ4v) is 4.56. The summed E-state index contributed by atoms with van der Waals surface area (Å²) in [5.74, 6) is 0.570. The van der Waals surface area contributed by atoms with E-state index in [4.69, 9.17) is 9.47 Å². The van der Waals surface area contributed by atoms with Crippen LogP contribution < -0.4 is 9.47 Å². The predicted octanol–water partition coefficient (Wildman–Crippen LogP) is 5.40. The molecule has 0 amide bonds. The van der Waals surface area contributed by atoms with Gasteiger partial charge in [0.1, 0.15) is 6.04 Å². The molecule has 0 bridgehead atoms. The Morgan fingerprint density at radius 1 is 1.00 bits per heavy atom. The van der Waals surface area contributed by atoms with Crippen LogP contribution in [0.4, 0.5) is 0 Å². The Balaban J connectivity index is 1.76. The van der Waals surface area contributed by atoms with E-state index in [1.54, 1.807) is 7.11 Å². The number of rotatable bonds is 8. The van der Waals surface area contributed by atoms with Gasteiger partial charge in [-0.1, -0.05) is 60.7 Å². The van der Waals surface area contributed by atoms with Gasteiger partial charge in [0.2, 0.25) is 0 Å². The molecule has 5 nitrogen and oxygen atoms in total. The van der Waals surface area contributed by atoms with Gasteiger partial charge >= 0.3 is 5.97 Å². The summed E-state index contributed by atoms with van der Waals surface area (Å²) in [6, 6.07) is 23.9. The Hall–Kier alpha value is -3.31. The average Bonchev–Trinajstić information content (AvgIpc) is 3.31. The topological polar surface area (TPSA) is 59.0 Å². The molecule has 5 heteroatoms. The number of benzene rings is 3. The molecule has 3 aromatic carbocycles. The predicted molar refractivity (Wildman–Crippen MR) is 125 cm³/mol. The van der Waals surface area contributed by atoms with Crippen LogP contribution >= 0.6 is 0 Å². The van der Waals surface area contributed by atoms with Crippen molar-refractivity contribution in [1.29, 1.82) is 0 Å². The molecule has 166 valence electrons. The second kappa shape index (κ2) is 9.88. The molecule has 1 fully saturated rings. The molecule has 32 heavy (non-hydrogen) atoms. The van der Waals surface area contributed by atoms with E-state index >= 15 is 0 Å². The van der Waals surface area contributed by atoms with Crippen molar-refractivity contribution < 1.29 is 19.4 Å². The highest BCUT2D eigenvalue weighted by atomic mass is 16.5. The number of nitrogens with zero attached hydrogens (tertiary/aromatic N) is 1. The molecule has 1 N–H and O–H groups in total. The van der Waals surface area contributed by atoms with E-state index in [1.165, 1.54) is 0 Å². The van der Waals surface area contributed by atoms with Crippen molar-refractivity contribution in [2.45, 2.75) is 31.8 Å².